The van der Waals surface area contributed by atoms with E-state index in [0.29, 0.717) is 19.0 Å². The number of aliphatic hydroxyl groups excluding tert-OH is 1. The van der Waals surface area contributed by atoms with Crippen molar-refractivity contribution in [2.24, 2.45) is 17.3 Å². The van der Waals surface area contributed by atoms with Gasteiger partial charge in [-0.1, -0.05) is 50.1 Å². The van der Waals surface area contributed by atoms with Crippen LogP contribution in [-0.4, -0.2) is 48.8 Å². The van der Waals surface area contributed by atoms with Crippen LogP contribution in [0.15, 0.2) is 47.7 Å². The van der Waals surface area contributed by atoms with Gasteiger partial charge in [0.25, 0.3) is 0 Å². The van der Waals surface area contributed by atoms with Crippen molar-refractivity contribution in [3.8, 4) is 0 Å². The van der Waals surface area contributed by atoms with Crippen LogP contribution < -0.4 is 5.32 Å². The number of benzene rings is 1. The van der Waals surface area contributed by atoms with E-state index in [2.05, 4.69) is 36.5 Å². The van der Waals surface area contributed by atoms with E-state index in [1.807, 2.05) is 26.1 Å². The lowest BCUT2D eigenvalue weighted by molar-refractivity contribution is 0.0415. The first-order valence-electron chi connectivity index (χ1n) is 14.1. The minimum Gasteiger partial charge on any atom is -0.392 e. The van der Waals surface area contributed by atoms with E-state index in [1.165, 1.54) is 27.8 Å². The van der Waals surface area contributed by atoms with Crippen LogP contribution in [0.1, 0.15) is 70.4 Å². The maximum Gasteiger partial charge on any atom is 0.214 e. The van der Waals surface area contributed by atoms with Crippen LogP contribution in [0, 0.1) is 17.3 Å². The molecule has 0 radical (unpaired) electrons. The second-order valence-electron chi connectivity index (χ2n) is 11.2. The highest BCUT2D eigenvalue weighted by Gasteiger charge is 2.59. The Kier molecular flexibility index (Phi) is 7.67. The van der Waals surface area contributed by atoms with E-state index < -0.39 is 21.5 Å². The number of nitrogens with zero attached hydrogens (tertiary/aromatic N) is 1. The molecule has 1 aromatic carbocycles. The highest BCUT2D eigenvalue weighted by Crippen LogP contribution is 2.59. The molecule has 5 nitrogen and oxygen atoms in total. The van der Waals surface area contributed by atoms with Gasteiger partial charge in [-0.15, -0.1) is 0 Å². The molecule has 1 aromatic rings. The van der Waals surface area contributed by atoms with Crippen LogP contribution in [0.25, 0.3) is 5.57 Å². The number of hydrogen-bond donors (Lipinski definition) is 2. The van der Waals surface area contributed by atoms with Gasteiger partial charge in [-0.2, -0.15) is 0 Å². The summed E-state index contributed by atoms with van der Waals surface area (Å²) in [6, 6.07) is 6.33. The third-order valence-corrected chi connectivity index (χ3v) is 12.0. The molecule has 2 saturated carbocycles. The Bertz CT molecular complexity index is 1230. The Morgan fingerprint density at radius 2 is 1.92 bits per heavy atom. The first kappa shape index (κ1) is 27.0. The zero-order valence-electron chi connectivity index (χ0n) is 22.3. The predicted octanol–water partition coefficient (Wildman–Crippen LogP) is 5.70. The zero-order valence-corrected chi connectivity index (χ0v) is 23.9. The molecule has 202 valence electrons. The largest absolute Gasteiger partial charge is 0.392 e. The molecule has 2 bridgehead atoms. The summed E-state index contributed by atoms with van der Waals surface area (Å²) in [5.41, 5.74) is 6.08. The Hall–Kier alpha value is -1.60. The summed E-state index contributed by atoms with van der Waals surface area (Å²) in [7, 11) is -3.43. The molecular weight excluding hydrogens is 504 g/mol. The molecule has 0 spiro atoms. The van der Waals surface area contributed by atoms with Crippen molar-refractivity contribution in [1.82, 2.24) is 9.62 Å². The molecule has 0 aromatic heterocycles. The molecule has 5 unspecified atom stereocenters. The second kappa shape index (κ2) is 10.5. The average Bonchev–Trinajstić information content (AvgIpc) is 3.24. The van der Waals surface area contributed by atoms with Gasteiger partial charge in [0.2, 0.25) is 10.0 Å². The molecule has 6 rings (SSSR count). The number of sulfonamides is 1. The van der Waals surface area contributed by atoms with Crippen molar-refractivity contribution in [2.75, 3.05) is 18.8 Å². The second-order valence-corrected chi connectivity index (χ2v) is 13.7. The lowest BCUT2D eigenvalue weighted by Gasteiger charge is -2.38. The molecule has 5 atom stereocenters. The van der Waals surface area contributed by atoms with E-state index in [0.717, 1.165) is 50.0 Å². The quantitative estimate of drug-likeness (QED) is 0.512. The fourth-order valence-corrected chi connectivity index (χ4v) is 10.0. The predicted molar refractivity (Wildman–Crippen MR) is 152 cm³/mol. The molecule has 3 aliphatic carbocycles. The number of halogens is 1. The molecular formula is C30H41ClN2O3S. The number of aliphatic hydroxyl groups is 1. The Morgan fingerprint density at radius 1 is 1.16 bits per heavy atom. The van der Waals surface area contributed by atoms with Gasteiger partial charge in [0.15, 0.2) is 0 Å². The molecule has 0 amide bonds. The molecule has 2 N–H and O–H groups in total. The van der Waals surface area contributed by atoms with Gasteiger partial charge in [-0.25, -0.2) is 12.7 Å². The van der Waals surface area contributed by atoms with Gasteiger partial charge >= 0.3 is 0 Å². The maximum absolute atomic E-state index is 13.6. The SMILES string of the molecule is CC.CC1C2CCC1(CS(=O)(=O)N1CCC(=C3c4ccc(Cl)cc4CCC4=CC=CNC43)CC1)C(O)C2. The van der Waals surface area contributed by atoms with Crippen molar-refractivity contribution in [2.45, 2.75) is 77.9 Å². The van der Waals surface area contributed by atoms with E-state index in [1.54, 1.807) is 4.31 Å². The molecule has 37 heavy (non-hydrogen) atoms. The van der Waals surface area contributed by atoms with Crippen LogP contribution in [0.2, 0.25) is 5.02 Å². The van der Waals surface area contributed by atoms with Gasteiger partial charge < -0.3 is 10.4 Å². The van der Waals surface area contributed by atoms with Crippen LogP contribution >= 0.6 is 11.6 Å². The minimum absolute atomic E-state index is 0.0912. The van der Waals surface area contributed by atoms with E-state index >= 15 is 0 Å². The van der Waals surface area contributed by atoms with Crippen LogP contribution in [-0.2, 0) is 16.4 Å². The van der Waals surface area contributed by atoms with Crippen LogP contribution in [0.3, 0.4) is 0 Å². The Morgan fingerprint density at radius 3 is 2.59 bits per heavy atom. The normalized spacial score (nSPS) is 33.1. The number of aryl methyl sites for hydroxylation is 1. The van der Waals surface area contributed by atoms with E-state index in [-0.39, 0.29) is 17.7 Å². The summed E-state index contributed by atoms with van der Waals surface area (Å²) in [6.07, 6.45) is 11.9. The first-order chi connectivity index (χ1) is 17.8. The van der Waals surface area contributed by atoms with Gasteiger partial charge in [0, 0.05) is 23.5 Å². The molecule has 2 aliphatic heterocycles. The molecule has 5 aliphatic rings. The van der Waals surface area contributed by atoms with Crippen molar-refractivity contribution in [3.63, 3.8) is 0 Å². The lowest BCUT2D eigenvalue weighted by atomic mass is 9.79. The molecule has 7 heteroatoms. The van der Waals surface area contributed by atoms with Gasteiger partial charge in [-0.05, 0) is 103 Å². The number of piperidine rings is 1. The summed E-state index contributed by atoms with van der Waals surface area (Å²) < 4.78 is 28.8. The van der Waals surface area contributed by atoms with Crippen LogP contribution in [0.5, 0.6) is 0 Å². The average molecular weight is 545 g/mol. The van der Waals surface area contributed by atoms with Gasteiger partial charge in [0.05, 0.1) is 17.9 Å². The molecule has 1 saturated heterocycles. The smallest absolute Gasteiger partial charge is 0.214 e. The summed E-state index contributed by atoms with van der Waals surface area (Å²) >= 11 is 6.35. The van der Waals surface area contributed by atoms with Crippen molar-refractivity contribution >= 4 is 27.2 Å². The minimum atomic E-state index is -3.43. The maximum atomic E-state index is 13.6. The van der Waals surface area contributed by atoms with Crippen molar-refractivity contribution in [3.05, 3.63) is 63.8 Å². The number of fused-ring (bicyclic) bond motifs is 4. The summed E-state index contributed by atoms with van der Waals surface area (Å²) in [5, 5.41) is 15.1. The number of rotatable bonds is 3. The van der Waals surface area contributed by atoms with Gasteiger partial charge in [0.1, 0.15) is 0 Å². The number of dihydropyridines is 1. The zero-order chi connectivity index (χ0) is 26.4. The van der Waals surface area contributed by atoms with Gasteiger partial charge in [-0.3, -0.25) is 0 Å². The topological polar surface area (TPSA) is 69.6 Å². The molecule has 3 fully saturated rings. The lowest BCUT2D eigenvalue weighted by Crippen LogP contribution is -2.46. The fourth-order valence-electron chi connectivity index (χ4n) is 7.63. The van der Waals surface area contributed by atoms with E-state index in [9.17, 15) is 13.5 Å². The fraction of sp³-hybridized carbons (Fsp3) is 0.600. The Labute approximate surface area is 227 Å². The van der Waals surface area contributed by atoms with Crippen LogP contribution in [0.4, 0.5) is 0 Å². The molecule has 2 heterocycles. The number of nitrogens with one attached hydrogen (secondary N) is 1. The highest BCUT2D eigenvalue weighted by atomic mass is 35.5. The Balaban J connectivity index is 0.00000137. The van der Waals surface area contributed by atoms with Crippen molar-refractivity contribution < 1.29 is 13.5 Å². The number of hydrogen-bond acceptors (Lipinski definition) is 4. The third-order valence-electron chi connectivity index (χ3n) is 9.70. The monoisotopic (exact) mass is 544 g/mol. The number of allylic oxidation sites excluding steroid dienone is 2. The summed E-state index contributed by atoms with van der Waals surface area (Å²) in [5.74, 6) is 0.842. The summed E-state index contributed by atoms with van der Waals surface area (Å²) in [6.45, 7) is 7.17. The summed E-state index contributed by atoms with van der Waals surface area (Å²) in [4.78, 5) is 0. The standard InChI is InChI=1S/C28H35ClN2O3S.C2H6/c1-18-21-8-11-28(18,25(32)16-21)17-35(33,34)31-13-9-19(10-14-31)26-24-7-6-23(29)15-22(24)5-4-20-3-2-12-30-27(20)26;1-2/h2-3,6-7,12,15,18,21,25,27,30,32H,4-5,8-11,13-14,16-17H2,1H3;1-2H3. The van der Waals surface area contributed by atoms with Crippen molar-refractivity contribution in [1.29, 1.82) is 0 Å². The third kappa shape index (κ3) is 4.73. The highest BCUT2D eigenvalue weighted by molar-refractivity contribution is 7.89. The van der Waals surface area contributed by atoms with E-state index in [4.69, 9.17) is 11.6 Å². The first-order valence-corrected chi connectivity index (χ1v) is 16.1.